The summed E-state index contributed by atoms with van der Waals surface area (Å²) in [4.78, 5) is 12.2. The number of hydrogen-bond acceptors (Lipinski definition) is 7. The first kappa shape index (κ1) is 14.2. The Morgan fingerprint density at radius 3 is 2.80 bits per heavy atom. The fraction of sp³-hybridized carbons (Fsp3) is 0.500. The molecule has 8 heteroatoms. The van der Waals surface area contributed by atoms with E-state index in [1.54, 1.807) is 18.5 Å². The number of aliphatic hydroxyl groups excluding tert-OH is 1. The Bertz CT molecular complexity index is 541. The molecule has 8 nitrogen and oxygen atoms in total. The highest BCUT2D eigenvalue weighted by molar-refractivity contribution is 5.34. The first-order valence-electron chi connectivity index (χ1n) is 6.48. The second kappa shape index (κ2) is 6.29. The van der Waals surface area contributed by atoms with Crippen molar-refractivity contribution >= 4 is 11.9 Å². The molecule has 0 spiro atoms. The van der Waals surface area contributed by atoms with Gasteiger partial charge in [-0.1, -0.05) is 13.8 Å². The van der Waals surface area contributed by atoms with Gasteiger partial charge in [0.2, 0.25) is 11.9 Å². The topological polar surface area (TPSA) is 115 Å². The number of nitrogens with one attached hydrogen (secondary N) is 1. The van der Waals surface area contributed by atoms with E-state index in [-0.39, 0.29) is 5.95 Å². The van der Waals surface area contributed by atoms with E-state index in [2.05, 4.69) is 39.2 Å². The molecular weight excluding hydrogens is 258 g/mol. The minimum Gasteiger partial charge on any atom is -0.391 e. The minimum absolute atomic E-state index is 0.103. The molecule has 0 aliphatic heterocycles. The minimum atomic E-state index is -0.457. The maximum absolute atomic E-state index is 9.82. The van der Waals surface area contributed by atoms with Crippen molar-refractivity contribution in [3.63, 3.8) is 0 Å². The summed E-state index contributed by atoms with van der Waals surface area (Å²) in [6.07, 6.45) is 3.59. The summed E-state index contributed by atoms with van der Waals surface area (Å²) in [5.74, 6) is 1.19. The van der Waals surface area contributed by atoms with Crippen LogP contribution in [0.2, 0.25) is 0 Å². The number of anilines is 2. The molecule has 2 aromatic heterocycles. The fourth-order valence-electron chi connectivity index (χ4n) is 1.79. The van der Waals surface area contributed by atoms with Crippen molar-refractivity contribution in [1.29, 1.82) is 0 Å². The summed E-state index contributed by atoms with van der Waals surface area (Å²) in [5, 5.41) is 16.8. The van der Waals surface area contributed by atoms with Crippen molar-refractivity contribution < 1.29 is 5.11 Å². The molecule has 0 fully saturated rings. The molecule has 1 unspecified atom stereocenters. The number of aromatic nitrogens is 5. The second-order valence-corrected chi connectivity index (χ2v) is 4.93. The first-order valence-corrected chi connectivity index (χ1v) is 6.48. The molecule has 2 heterocycles. The van der Waals surface area contributed by atoms with Crippen molar-refractivity contribution in [3.8, 4) is 5.95 Å². The highest BCUT2D eigenvalue weighted by Crippen LogP contribution is 2.08. The maximum Gasteiger partial charge on any atom is 0.257 e. The van der Waals surface area contributed by atoms with Gasteiger partial charge in [-0.15, -0.1) is 0 Å². The van der Waals surface area contributed by atoms with Gasteiger partial charge < -0.3 is 16.2 Å². The Kier molecular flexibility index (Phi) is 4.46. The van der Waals surface area contributed by atoms with E-state index in [1.807, 2.05) is 0 Å². The van der Waals surface area contributed by atoms with Gasteiger partial charge in [0.1, 0.15) is 0 Å². The SMILES string of the molecule is CC(C)CC(O)CNc1nc(N)nc(-n2cccn2)n1. The molecule has 0 saturated carbocycles. The zero-order chi connectivity index (χ0) is 14.5. The van der Waals surface area contributed by atoms with Gasteiger partial charge in [-0.3, -0.25) is 0 Å². The molecule has 0 aliphatic carbocycles. The molecular formula is C12H19N7O. The van der Waals surface area contributed by atoms with Crippen LogP contribution in [0.4, 0.5) is 11.9 Å². The summed E-state index contributed by atoms with van der Waals surface area (Å²) in [6.45, 7) is 4.47. The van der Waals surface area contributed by atoms with E-state index < -0.39 is 6.10 Å². The van der Waals surface area contributed by atoms with Gasteiger partial charge in [0.25, 0.3) is 5.95 Å². The number of nitrogen functional groups attached to an aromatic ring is 1. The van der Waals surface area contributed by atoms with E-state index in [9.17, 15) is 5.11 Å². The third-order valence-corrected chi connectivity index (χ3v) is 2.59. The lowest BCUT2D eigenvalue weighted by atomic mass is 10.1. The molecule has 2 rings (SSSR count). The molecule has 2 aromatic rings. The van der Waals surface area contributed by atoms with E-state index in [0.29, 0.717) is 30.8 Å². The number of nitrogens with zero attached hydrogens (tertiary/aromatic N) is 5. The molecule has 20 heavy (non-hydrogen) atoms. The smallest absolute Gasteiger partial charge is 0.257 e. The third kappa shape index (κ3) is 3.89. The molecule has 0 amide bonds. The molecule has 0 bridgehead atoms. The predicted molar refractivity (Wildman–Crippen MR) is 75.3 cm³/mol. The molecule has 0 radical (unpaired) electrons. The predicted octanol–water partition coefficient (Wildman–Crippen LogP) is 0.458. The van der Waals surface area contributed by atoms with Gasteiger partial charge in [-0.2, -0.15) is 20.1 Å². The highest BCUT2D eigenvalue weighted by Gasteiger charge is 2.10. The Labute approximate surface area is 117 Å². The Hall–Kier alpha value is -2.22. The van der Waals surface area contributed by atoms with Crippen molar-refractivity contribution in [2.45, 2.75) is 26.4 Å². The van der Waals surface area contributed by atoms with Crippen LogP contribution in [0.15, 0.2) is 18.5 Å². The summed E-state index contributed by atoms with van der Waals surface area (Å²) in [7, 11) is 0. The largest absolute Gasteiger partial charge is 0.391 e. The second-order valence-electron chi connectivity index (χ2n) is 4.93. The van der Waals surface area contributed by atoms with Gasteiger partial charge in [-0.25, -0.2) is 4.68 Å². The summed E-state index contributed by atoms with van der Waals surface area (Å²) in [6, 6.07) is 1.76. The molecule has 1 atom stereocenters. The van der Waals surface area contributed by atoms with Gasteiger partial charge in [-0.05, 0) is 18.4 Å². The standard InChI is InChI=1S/C12H19N7O/c1-8(2)6-9(20)7-14-11-16-10(13)17-12(18-11)19-5-3-4-15-19/h3-5,8-9,20H,6-7H2,1-2H3,(H3,13,14,16,17,18). The van der Waals surface area contributed by atoms with Gasteiger partial charge in [0.05, 0.1) is 6.10 Å². The Morgan fingerprint density at radius 1 is 1.35 bits per heavy atom. The van der Waals surface area contributed by atoms with Crippen LogP contribution in [-0.2, 0) is 0 Å². The summed E-state index contributed by atoms with van der Waals surface area (Å²) >= 11 is 0. The van der Waals surface area contributed by atoms with E-state index in [4.69, 9.17) is 5.73 Å². The van der Waals surface area contributed by atoms with Crippen LogP contribution in [0.3, 0.4) is 0 Å². The molecule has 0 aromatic carbocycles. The van der Waals surface area contributed by atoms with E-state index in [1.165, 1.54) is 4.68 Å². The van der Waals surface area contributed by atoms with Gasteiger partial charge >= 0.3 is 0 Å². The lowest BCUT2D eigenvalue weighted by Crippen LogP contribution is -2.23. The van der Waals surface area contributed by atoms with E-state index in [0.717, 1.165) is 0 Å². The molecule has 0 saturated heterocycles. The van der Waals surface area contributed by atoms with Crippen LogP contribution in [0.5, 0.6) is 0 Å². The average molecular weight is 277 g/mol. The van der Waals surface area contributed by atoms with Crippen molar-refractivity contribution in [2.75, 3.05) is 17.6 Å². The molecule has 0 aliphatic rings. The van der Waals surface area contributed by atoms with Crippen LogP contribution in [0.25, 0.3) is 5.95 Å². The van der Waals surface area contributed by atoms with Crippen molar-refractivity contribution in [1.82, 2.24) is 24.7 Å². The van der Waals surface area contributed by atoms with Crippen LogP contribution in [0.1, 0.15) is 20.3 Å². The Balaban J connectivity index is 2.05. The third-order valence-electron chi connectivity index (χ3n) is 2.59. The zero-order valence-corrected chi connectivity index (χ0v) is 11.6. The van der Waals surface area contributed by atoms with Crippen LogP contribution in [-0.4, -0.2) is 42.5 Å². The lowest BCUT2D eigenvalue weighted by molar-refractivity contribution is 0.161. The average Bonchev–Trinajstić information content (AvgIpc) is 2.89. The van der Waals surface area contributed by atoms with Crippen LogP contribution >= 0.6 is 0 Å². The Morgan fingerprint density at radius 2 is 2.15 bits per heavy atom. The molecule has 108 valence electrons. The normalized spacial score (nSPS) is 12.6. The quantitative estimate of drug-likeness (QED) is 0.702. The van der Waals surface area contributed by atoms with Crippen molar-refractivity contribution in [2.24, 2.45) is 5.92 Å². The number of rotatable bonds is 6. The lowest BCUT2D eigenvalue weighted by Gasteiger charge is -2.14. The highest BCUT2D eigenvalue weighted by atomic mass is 16.3. The first-order chi connectivity index (χ1) is 9.54. The number of nitrogens with two attached hydrogens (primary N) is 1. The molecule has 4 N–H and O–H groups in total. The zero-order valence-electron chi connectivity index (χ0n) is 11.6. The summed E-state index contributed by atoms with van der Waals surface area (Å²) in [5.41, 5.74) is 5.65. The van der Waals surface area contributed by atoms with Gasteiger partial charge in [0.15, 0.2) is 0 Å². The van der Waals surface area contributed by atoms with E-state index >= 15 is 0 Å². The fourth-order valence-corrected chi connectivity index (χ4v) is 1.79. The van der Waals surface area contributed by atoms with Crippen LogP contribution < -0.4 is 11.1 Å². The number of hydrogen-bond donors (Lipinski definition) is 3. The van der Waals surface area contributed by atoms with Crippen molar-refractivity contribution in [3.05, 3.63) is 18.5 Å². The maximum atomic E-state index is 9.82. The van der Waals surface area contributed by atoms with Gasteiger partial charge in [0, 0.05) is 18.9 Å². The summed E-state index contributed by atoms with van der Waals surface area (Å²) < 4.78 is 1.49. The monoisotopic (exact) mass is 277 g/mol. The van der Waals surface area contributed by atoms with Crippen LogP contribution in [0, 0.1) is 5.92 Å². The number of aliphatic hydroxyl groups is 1.